The molecule has 0 spiro atoms. The van der Waals surface area contributed by atoms with Gasteiger partial charge in [-0.05, 0) is 43.5 Å². The Balaban J connectivity index is 2.16. The monoisotopic (exact) mass is 396 g/mol. The lowest BCUT2D eigenvalue weighted by Gasteiger charge is -2.32. The molecule has 0 fully saturated rings. The highest BCUT2D eigenvalue weighted by Gasteiger charge is 2.33. The second-order valence-electron chi connectivity index (χ2n) is 7.24. The van der Waals surface area contributed by atoms with Crippen LogP contribution in [0.5, 0.6) is 0 Å². The maximum atomic E-state index is 12.6. The Bertz CT molecular complexity index is 680. The maximum absolute atomic E-state index is 12.6. The highest BCUT2D eigenvalue weighted by molar-refractivity contribution is 5.90. The number of esters is 2. The van der Waals surface area contributed by atoms with E-state index in [9.17, 15) is 9.59 Å². The smallest absolute Gasteiger partial charge is 0.338 e. The summed E-state index contributed by atoms with van der Waals surface area (Å²) in [5, 5.41) is 0. The van der Waals surface area contributed by atoms with Crippen molar-refractivity contribution in [1.29, 1.82) is 0 Å². The van der Waals surface area contributed by atoms with E-state index in [1.165, 1.54) is 0 Å². The zero-order chi connectivity index (χ0) is 21.1. The molecule has 156 valence electrons. The molecule has 0 aliphatic carbocycles. The molecule has 0 amide bonds. The van der Waals surface area contributed by atoms with Crippen LogP contribution in [0.2, 0.25) is 0 Å². The largest absolute Gasteiger partial charge is 0.458 e. The SMILES string of the molecule is CCCCC([C@H](CC)OC(=O)c1ccccc1)[C@@H](CC)OC(=O)c1ccccc1. The predicted octanol–water partition coefficient (Wildman–Crippen LogP) is 6.06. The van der Waals surface area contributed by atoms with E-state index in [-0.39, 0.29) is 30.1 Å². The quantitative estimate of drug-likeness (QED) is 0.433. The van der Waals surface area contributed by atoms with Crippen molar-refractivity contribution < 1.29 is 19.1 Å². The molecule has 0 aromatic heterocycles. The fourth-order valence-corrected chi connectivity index (χ4v) is 3.56. The Kier molecular flexibility index (Phi) is 9.42. The van der Waals surface area contributed by atoms with Crippen molar-refractivity contribution in [3.8, 4) is 0 Å². The van der Waals surface area contributed by atoms with E-state index in [4.69, 9.17) is 9.47 Å². The fraction of sp³-hybridized carbons (Fsp3) is 0.440. The average molecular weight is 397 g/mol. The third-order valence-corrected chi connectivity index (χ3v) is 5.19. The normalized spacial score (nSPS) is 13.9. The Hall–Kier alpha value is -2.62. The van der Waals surface area contributed by atoms with E-state index in [1.807, 2.05) is 50.2 Å². The van der Waals surface area contributed by atoms with Crippen molar-refractivity contribution in [3.63, 3.8) is 0 Å². The van der Waals surface area contributed by atoms with Crippen molar-refractivity contribution >= 4 is 11.9 Å². The molecule has 0 saturated heterocycles. The van der Waals surface area contributed by atoms with Crippen LogP contribution in [0, 0.1) is 5.92 Å². The molecule has 29 heavy (non-hydrogen) atoms. The van der Waals surface area contributed by atoms with Crippen LogP contribution in [-0.4, -0.2) is 24.1 Å². The van der Waals surface area contributed by atoms with Gasteiger partial charge in [0.2, 0.25) is 0 Å². The van der Waals surface area contributed by atoms with Gasteiger partial charge in [-0.1, -0.05) is 70.0 Å². The van der Waals surface area contributed by atoms with Crippen LogP contribution < -0.4 is 0 Å². The van der Waals surface area contributed by atoms with Crippen LogP contribution in [0.25, 0.3) is 0 Å². The minimum atomic E-state index is -0.330. The molecular formula is C25H32O4. The molecule has 0 radical (unpaired) electrons. The van der Waals surface area contributed by atoms with Gasteiger partial charge in [0.05, 0.1) is 11.1 Å². The molecule has 2 rings (SSSR count). The highest BCUT2D eigenvalue weighted by Crippen LogP contribution is 2.28. The first-order valence-corrected chi connectivity index (χ1v) is 10.6. The topological polar surface area (TPSA) is 52.6 Å². The number of unbranched alkanes of at least 4 members (excludes halogenated alkanes) is 1. The Labute approximate surface area is 174 Å². The predicted molar refractivity (Wildman–Crippen MR) is 115 cm³/mol. The molecule has 4 heteroatoms. The molecule has 0 N–H and O–H groups in total. The van der Waals surface area contributed by atoms with Crippen LogP contribution >= 0.6 is 0 Å². The molecule has 0 aliphatic rings. The van der Waals surface area contributed by atoms with Crippen molar-refractivity contribution in [2.75, 3.05) is 0 Å². The number of hydrogen-bond donors (Lipinski definition) is 0. The highest BCUT2D eigenvalue weighted by atomic mass is 16.6. The van der Waals surface area contributed by atoms with E-state index in [0.717, 1.165) is 19.3 Å². The first-order valence-electron chi connectivity index (χ1n) is 10.6. The molecule has 0 saturated carbocycles. The van der Waals surface area contributed by atoms with Crippen LogP contribution in [0.3, 0.4) is 0 Å². The molecule has 3 atom stereocenters. The summed E-state index contributed by atoms with van der Waals surface area (Å²) in [7, 11) is 0. The third-order valence-electron chi connectivity index (χ3n) is 5.19. The lowest BCUT2D eigenvalue weighted by Crippen LogP contribution is -2.37. The molecule has 2 aromatic rings. The summed E-state index contributed by atoms with van der Waals surface area (Å²) < 4.78 is 11.8. The summed E-state index contributed by atoms with van der Waals surface area (Å²) in [5.41, 5.74) is 1.07. The van der Waals surface area contributed by atoms with Gasteiger partial charge < -0.3 is 9.47 Å². The van der Waals surface area contributed by atoms with Gasteiger partial charge in [-0.25, -0.2) is 9.59 Å². The van der Waals surface area contributed by atoms with Gasteiger partial charge in [0, 0.05) is 5.92 Å². The number of carbonyl (C=O) groups excluding carboxylic acids is 2. The van der Waals surface area contributed by atoms with Crippen molar-refractivity contribution in [3.05, 3.63) is 71.8 Å². The van der Waals surface area contributed by atoms with Gasteiger partial charge in [0.1, 0.15) is 12.2 Å². The van der Waals surface area contributed by atoms with E-state index >= 15 is 0 Å². The van der Waals surface area contributed by atoms with Crippen LogP contribution in [0.1, 0.15) is 73.6 Å². The lowest BCUT2D eigenvalue weighted by molar-refractivity contribution is -0.0380. The second kappa shape index (κ2) is 12.1. The van der Waals surface area contributed by atoms with Gasteiger partial charge in [0.25, 0.3) is 0 Å². The van der Waals surface area contributed by atoms with Gasteiger partial charge in [-0.15, -0.1) is 0 Å². The fourth-order valence-electron chi connectivity index (χ4n) is 3.56. The standard InChI is InChI=1S/C25H32O4/c1-4-7-18-21(22(5-2)28-24(26)19-14-10-8-11-15-19)23(6-3)29-25(27)20-16-12-9-13-17-20/h8-17,21-23H,4-7,18H2,1-3H3/t21?,22-,23+. The zero-order valence-corrected chi connectivity index (χ0v) is 17.7. The maximum Gasteiger partial charge on any atom is 0.338 e. The Morgan fingerprint density at radius 3 is 1.48 bits per heavy atom. The molecule has 4 nitrogen and oxygen atoms in total. The summed E-state index contributed by atoms with van der Waals surface area (Å²) in [4.78, 5) is 25.2. The number of ether oxygens (including phenoxy) is 2. The van der Waals surface area contributed by atoms with Gasteiger partial charge in [-0.3, -0.25) is 0 Å². The van der Waals surface area contributed by atoms with Gasteiger partial charge in [0.15, 0.2) is 0 Å². The van der Waals surface area contributed by atoms with Gasteiger partial charge in [-0.2, -0.15) is 0 Å². The molecule has 0 bridgehead atoms. The van der Waals surface area contributed by atoms with Gasteiger partial charge >= 0.3 is 11.9 Å². The number of carbonyl (C=O) groups is 2. The number of hydrogen-bond acceptors (Lipinski definition) is 4. The second-order valence-corrected chi connectivity index (χ2v) is 7.24. The zero-order valence-electron chi connectivity index (χ0n) is 17.7. The third kappa shape index (κ3) is 6.74. The summed E-state index contributed by atoms with van der Waals surface area (Å²) in [5.74, 6) is -0.698. The molecule has 1 unspecified atom stereocenters. The average Bonchev–Trinajstić information content (AvgIpc) is 2.78. The minimum Gasteiger partial charge on any atom is -0.458 e. The molecule has 2 aromatic carbocycles. The molecule has 0 aliphatic heterocycles. The van der Waals surface area contributed by atoms with E-state index in [2.05, 4.69) is 6.92 Å². The Morgan fingerprint density at radius 2 is 1.14 bits per heavy atom. The minimum absolute atomic E-state index is 0.0368. The van der Waals surface area contributed by atoms with E-state index < -0.39 is 0 Å². The first-order chi connectivity index (χ1) is 14.1. The van der Waals surface area contributed by atoms with Crippen molar-refractivity contribution in [2.24, 2.45) is 5.92 Å². The Morgan fingerprint density at radius 1 is 0.724 bits per heavy atom. The number of benzene rings is 2. The lowest BCUT2D eigenvalue weighted by atomic mass is 9.87. The summed E-state index contributed by atoms with van der Waals surface area (Å²) in [6, 6.07) is 18.0. The van der Waals surface area contributed by atoms with E-state index in [1.54, 1.807) is 24.3 Å². The summed E-state index contributed by atoms with van der Waals surface area (Å²) >= 11 is 0. The summed E-state index contributed by atoms with van der Waals surface area (Å²) in [6.07, 6.45) is 3.60. The van der Waals surface area contributed by atoms with Crippen molar-refractivity contribution in [2.45, 2.75) is 65.1 Å². The van der Waals surface area contributed by atoms with Crippen LogP contribution in [0.4, 0.5) is 0 Å². The molecule has 0 heterocycles. The number of rotatable bonds is 11. The van der Waals surface area contributed by atoms with E-state index in [0.29, 0.717) is 24.0 Å². The van der Waals surface area contributed by atoms with Crippen LogP contribution in [0.15, 0.2) is 60.7 Å². The molecular weight excluding hydrogens is 364 g/mol. The summed E-state index contributed by atoms with van der Waals surface area (Å²) in [6.45, 7) is 6.15. The first kappa shape index (κ1) is 22.7. The van der Waals surface area contributed by atoms with Crippen LogP contribution in [-0.2, 0) is 9.47 Å². The van der Waals surface area contributed by atoms with Crippen molar-refractivity contribution in [1.82, 2.24) is 0 Å².